The second-order valence-electron chi connectivity index (χ2n) is 4.26. The van der Waals surface area contributed by atoms with E-state index in [0.717, 1.165) is 18.8 Å². The van der Waals surface area contributed by atoms with Gasteiger partial charge in [0.2, 0.25) is 0 Å². The Bertz CT molecular complexity index is 176. The zero-order valence-corrected chi connectivity index (χ0v) is 8.96. The first-order valence-electron chi connectivity index (χ1n) is 5.64. The minimum absolute atomic E-state index is 0.350. The number of aliphatic carboxylic acids is 1. The molecule has 1 atom stereocenters. The Labute approximate surface area is 85.9 Å². The summed E-state index contributed by atoms with van der Waals surface area (Å²) in [7, 11) is 1.72. The number of likely N-dealkylation sites (N-methyl/N-ethyl adjacent to an activating group) is 1. The Hall–Kier alpha value is -0.570. The molecule has 14 heavy (non-hydrogen) atoms. The average molecular weight is 199 g/mol. The maximum absolute atomic E-state index is 10.7. The Balaban J connectivity index is 2.20. The molecule has 0 aromatic rings. The van der Waals surface area contributed by atoms with Crippen LogP contribution >= 0.6 is 0 Å². The summed E-state index contributed by atoms with van der Waals surface area (Å²) < 4.78 is 0. The quantitative estimate of drug-likeness (QED) is 0.712. The van der Waals surface area contributed by atoms with Crippen molar-refractivity contribution in [2.75, 3.05) is 7.05 Å². The highest BCUT2D eigenvalue weighted by molar-refractivity contribution is 5.73. The van der Waals surface area contributed by atoms with Gasteiger partial charge in [0.15, 0.2) is 0 Å². The van der Waals surface area contributed by atoms with E-state index in [1.54, 1.807) is 7.05 Å². The normalized spacial score (nSPS) is 20.6. The first-order valence-corrected chi connectivity index (χ1v) is 5.64. The Kier molecular flexibility index (Phi) is 4.94. The van der Waals surface area contributed by atoms with Gasteiger partial charge in [0, 0.05) is 0 Å². The van der Waals surface area contributed by atoms with Crippen LogP contribution in [0.4, 0.5) is 0 Å². The smallest absolute Gasteiger partial charge is 0.320 e. The van der Waals surface area contributed by atoms with Crippen LogP contribution in [0.1, 0.15) is 44.9 Å². The van der Waals surface area contributed by atoms with Gasteiger partial charge in [-0.05, 0) is 25.8 Å². The van der Waals surface area contributed by atoms with Crippen LogP contribution in [0.5, 0.6) is 0 Å². The van der Waals surface area contributed by atoms with E-state index in [9.17, 15) is 4.79 Å². The Morgan fingerprint density at radius 1 is 1.43 bits per heavy atom. The zero-order valence-electron chi connectivity index (χ0n) is 8.96. The number of carboxylic acid groups (broad SMARTS) is 1. The highest BCUT2D eigenvalue weighted by atomic mass is 16.4. The number of hydrogen-bond donors (Lipinski definition) is 2. The molecule has 1 aliphatic carbocycles. The molecule has 1 rings (SSSR count). The highest BCUT2D eigenvalue weighted by Gasteiger charge is 2.18. The highest BCUT2D eigenvalue weighted by Crippen LogP contribution is 2.27. The van der Waals surface area contributed by atoms with Crippen LogP contribution in [-0.4, -0.2) is 24.2 Å². The van der Waals surface area contributed by atoms with Crippen molar-refractivity contribution < 1.29 is 9.90 Å². The molecule has 0 unspecified atom stereocenters. The van der Waals surface area contributed by atoms with Crippen LogP contribution in [-0.2, 0) is 4.79 Å². The van der Waals surface area contributed by atoms with Gasteiger partial charge in [-0.1, -0.05) is 32.1 Å². The van der Waals surface area contributed by atoms with Gasteiger partial charge in [0.25, 0.3) is 0 Å². The minimum Gasteiger partial charge on any atom is -0.480 e. The van der Waals surface area contributed by atoms with Crippen molar-refractivity contribution >= 4 is 5.97 Å². The van der Waals surface area contributed by atoms with Crippen LogP contribution < -0.4 is 5.32 Å². The minimum atomic E-state index is -0.719. The van der Waals surface area contributed by atoms with Crippen LogP contribution in [0.2, 0.25) is 0 Å². The van der Waals surface area contributed by atoms with Crippen LogP contribution in [0.15, 0.2) is 0 Å². The summed E-state index contributed by atoms with van der Waals surface area (Å²) in [5.74, 6) is 0.0576. The molecule has 0 aromatic heterocycles. The summed E-state index contributed by atoms with van der Waals surface area (Å²) >= 11 is 0. The maximum Gasteiger partial charge on any atom is 0.320 e. The van der Waals surface area contributed by atoms with E-state index in [0.29, 0.717) is 0 Å². The van der Waals surface area contributed by atoms with Gasteiger partial charge in [-0.3, -0.25) is 4.79 Å². The SMILES string of the molecule is CN[C@@H](CCC1CCCCC1)C(=O)O. The van der Waals surface area contributed by atoms with Gasteiger partial charge in [0.05, 0.1) is 0 Å². The molecule has 0 spiro atoms. The number of carboxylic acids is 1. The summed E-state index contributed by atoms with van der Waals surface area (Å²) in [5.41, 5.74) is 0. The molecule has 3 nitrogen and oxygen atoms in total. The second kappa shape index (κ2) is 6.02. The molecule has 3 heteroatoms. The summed E-state index contributed by atoms with van der Waals surface area (Å²) in [4.78, 5) is 10.7. The predicted molar refractivity (Wildman–Crippen MR) is 56.3 cm³/mol. The van der Waals surface area contributed by atoms with Crippen LogP contribution in [0.3, 0.4) is 0 Å². The lowest BCUT2D eigenvalue weighted by molar-refractivity contribution is -0.139. The fourth-order valence-electron chi connectivity index (χ4n) is 2.27. The van der Waals surface area contributed by atoms with Crippen LogP contribution in [0, 0.1) is 5.92 Å². The number of nitrogens with one attached hydrogen (secondary N) is 1. The molecule has 0 aliphatic heterocycles. The third-order valence-electron chi connectivity index (χ3n) is 3.23. The lowest BCUT2D eigenvalue weighted by atomic mass is 9.85. The van der Waals surface area contributed by atoms with Crippen molar-refractivity contribution in [2.24, 2.45) is 5.92 Å². The molecule has 2 N–H and O–H groups in total. The number of hydrogen-bond acceptors (Lipinski definition) is 2. The van der Waals surface area contributed by atoms with Crippen LogP contribution in [0.25, 0.3) is 0 Å². The van der Waals surface area contributed by atoms with E-state index >= 15 is 0 Å². The fourth-order valence-corrected chi connectivity index (χ4v) is 2.27. The summed E-state index contributed by atoms with van der Waals surface area (Å²) in [6.45, 7) is 0. The molecule has 0 bridgehead atoms. The summed E-state index contributed by atoms with van der Waals surface area (Å²) in [6.07, 6.45) is 8.48. The third kappa shape index (κ3) is 3.66. The van der Waals surface area contributed by atoms with E-state index in [1.165, 1.54) is 32.1 Å². The van der Waals surface area contributed by atoms with Crippen molar-refractivity contribution in [3.63, 3.8) is 0 Å². The maximum atomic E-state index is 10.7. The lowest BCUT2D eigenvalue weighted by Gasteiger charge is -2.22. The molecule has 82 valence electrons. The first kappa shape index (κ1) is 11.5. The molecule has 0 amide bonds. The first-order chi connectivity index (χ1) is 6.74. The zero-order chi connectivity index (χ0) is 10.4. The van der Waals surface area contributed by atoms with Gasteiger partial charge in [-0.2, -0.15) is 0 Å². The standard InChI is InChI=1S/C11H21NO2/c1-12-10(11(13)14)8-7-9-5-3-2-4-6-9/h9-10,12H,2-8H2,1H3,(H,13,14)/t10-/m0/s1. The largest absolute Gasteiger partial charge is 0.480 e. The fraction of sp³-hybridized carbons (Fsp3) is 0.909. The van der Waals surface area contributed by atoms with Gasteiger partial charge >= 0.3 is 5.97 Å². The molecular weight excluding hydrogens is 178 g/mol. The molecule has 0 radical (unpaired) electrons. The summed E-state index contributed by atoms with van der Waals surface area (Å²) in [6, 6.07) is -0.350. The topological polar surface area (TPSA) is 49.3 Å². The molecule has 0 saturated heterocycles. The molecule has 0 heterocycles. The average Bonchev–Trinajstić information content (AvgIpc) is 2.20. The van der Waals surface area contributed by atoms with E-state index in [4.69, 9.17) is 5.11 Å². The monoisotopic (exact) mass is 199 g/mol. The molecule has 1 aliphatic rings. The van der Waals surface area contributed by atoms with Gasteiger partial charge < -0.3 is 10.4 Å². The Morgan fingerprint density at radius 2 is 2.07 bits per heavy atom. The molecule has 1 fully saturated rings. The summed E-state index contributed by atoms with van der Waals surface area (Å²) in [5, 5.41) is 11.7. The number of rotatable bonds is 5. The van der Waals surface area contributed by atoms with Crippen molar-refractivity contribution in [3.05, 3.63) is 0 Å². The second-order valence-corrected chi connectivity index (χ2v) is 4.26. The van der Waals surface area contributed by atoms with E-state index in [1.807, 2.05) is 0 Å². The van der Waals surface area contributed by atoms with Crippen molar-refractivity contribution in [1.82, 2.24) is 5.32 Å². The van der Waals surface area contributed by atoms with Crippen molar-refractivity contribution in [2.45, 2.75) is 51.0 Å². The molecule has 0 aromatic carbocycles. The van der Waals surface area contributed by atoms with E-state index < -0.39 is 5.97 Å². The van der Waals surface area contributed by atoms with Gasteiger partial charge in [-0.25, -0.2) is 0 Å². The lowest BCUT2D eigenvalue weighted by Crippen LogP contribution is -2.34. The molecule has 1 saturated carbocycles. The molecular formula is C11H21NO2. The third-order valence-corrected chi connectivity index (χ3v) is 3.23. The van der Waals surface area contributed by atoms with Crippen molar-refractivity contribution in [3.8, 4) is 0 Å². The predicted octanol–water partition coefficient (Wildman–Crippen LogP) is 2.02. The van der Waals surface area contributed by atoms with Crippen molar-refractivity contribution in [1.29, 1.82) is 0 Å². The van der Waals surface area contributed by atoms with E-state index in [2.05, 4.69) is 5.32 Å². The van der Waals surface area contributed by atoms with E-state index in [-0.39, 0.29) is 6.04 Å². The number of carbonyl (C=O) groups is 1. The van der Waals surface area contributed by atoms with Gasteiger partial charge in [-0.15, -0.1) is 0 Å². The Morgan fingerprint density at radius 3 is 2.57 bits per heavy atom. The van der Waals surface area contributed by atoms with Gasteiger partial charge in [0.1, 0.15) is 6.04 Å².